The number of methoxy groups -OCH3 is 1. The first kappa shape index (κ1) is 20.1. The van der Waals surface area contributed by atoms with Crippen LogP contribution in [0.25, 0.3) is 0 Å². The van der Waals surface area contributed by atoms with Crippen LogP contribution in [0.15, 0.2) is 52.7 Å². The summed E-state index contributed by atoms with van der Waals surface area (Å²) in [4.78, 5) is 10.5. The Hall–Kier alpha value is -3.60. The molecule has 0 amide bonds. The second-order valence-corrected chi connectivity index (χ2v) is 6.38. The van der Waals surface area contributed by atoms with E-state index in [1.807, 2.05) is 36.6 Å². The fourth-order valence-electron chi connectivity index (χ4n) is 2.39. The third kappa shape index (κ3) is 4.63. The molecule has 1 aromatic heterocycles. The number of rotatable bonds is 8. The Morgan fingerprint density at radius 2 is 2.07 bits per heavy atom. The second kappa shape index (κ2) is 9.06. The lowest BCUT2D eigenvalue weighted by molar-refractivity contribution is -0.385. The number of ether oxygens (including phenoxy) is 2. The van der Waals surface area contributed by atoms with E-state index in [0.717, 1.165) is 6.07 Å². The van der Waals surface area contributed by atoms with Crippen LogP contribution in [-0.2, 0) is 6.61 Å². The zero-order valence-electron chi connectivity index (χ0n) is 15.6. The van der Waals surface area contributed by atoms with Gasteiger partial charge in [-0.15, -0.1) is 10.2 Å². The second-order valence-electron chi connectivity index (χ2n) is 5.60. The van der Waals surface area contributed by atoms with Gasteiger partial charge in [0.15, 0.2) is 17.3 Å². The smallest absolute Gasteiger partial charge is 0.274 e. The standard InChI is InChI=1S/C18H17N5O5S/c1-27-15-9-13(23(25)26)8-12(17(15)24)10-19-22-16(20-21-18(22)29-2)11-28-14-6-4-3-5-7-14/h3-10,24H,11H2,1-2H3/b19-10-. The Balaban J connectivity index is 1.91. The molecule has 150 valence electrons. The van der Waals surface area contributed by atoms with Crippen molar-refractivity contribution in [3.63, 3.8) is 0 Å². The summed E-state index contributed by atoms with van der Waals surface area (Å²) >= 11 is 1.32. The molecule has 1 heterocycles. The summed E-state index contributed by atoms with van der Waals surface area (Å²) in [7, 11) is 1.31. The monoisotopic (exact) mass is 415 g/mol. The van der Waals surface area contributed by atoms with Gasteiger partial charge < -0.3 is 14.6 Å². The van der Waals surface area contributed by atoms with Crippen LogP contribution in [0, 0.1) is 10.1 Å². The van der Waals surface area contributed by atoms with Gasteiger partial charge in [-0.3, -0.25) is 10.1 Å². The van der Waals surface area contributed by atoms with Gasteiger partial charge in [-0.25, -0.2) is 0 Å². The van der Waals surface area contributed by atoms with E-state index in [1.165, 1.54) is 35.8 Å². The lowest BCUT2D eigenvalue weighted by atomic mass is 10.2. The molecule has 29 heavy (non-hydrogen) atoms. The quantitative estimate of drug-likeness (QED) is 0.257. The summed E-state index contributed by atoms with van der Waals surface area (Å²) in [6.07, 6.45) is 3.09. The molecule has 0 aliphatic carbocycles. The molecular weight excluding hydrogens is 398 g/mol. The van der Waals surface area contributed by atoms with Crippen molar-refractivity contribution < 1.29 is 19.5 Å². The van der Waals surface area contributed by atoms with Crippen LogP contribution in [0.4, 0.5) is 5.69 Å². The number of aromatic hydroxyl groups is 1. The summed E-state index contributed by atoms with van der Waals surface area (Å²) in [5, 5.41) is 34.3. The molecule has 0 radical (unpaired) electrons. The first-order valence-electron chi connectivity index (χ1n) is 8.29. The number of phenolic OH excluding ortho intramolecular Hbond substituents is 1. The summed E-state index contributed by atoms with van der Waals surface area (Å²) in [5.74, 6) is 0.800. The summed E-state index contributed by atoms with van der Waals surface area (Å²) < 4.78 is 12.1. The van der Waals surface area contributed by atoms with E-state index in [2.05, 4.69) is 15.3 Å². The molecule has 0 saturated heterocycles. The Bertz CT molecular complexity index is 1040. The number of aromatic nitrogens is 3. The van der Waals surface area contributed by atoms with Gasteiger partial charge in [0.2, 0.25) is 5.16 Å². The van der Waals surface area contributed by atoms with Gasteiger partial charge in [0.1, 0.15) is 12.4 Å². The third-order valence-electron chi connectivity index (χ3n) is 3.80. The van der Waals surface area contributed by atoms with Crippen molar-refractivity contribution in [1.29, 1.82) is 0 Å². The highest BCUT2D eigenvalue weighted by molar-refractivity contribution is 7.98. The fourth-order valence-corrected chi connectivity index (χ4v) is 2.84. The lowest BCUT2D eigenvalue weighted by Gasteiger charge is -2.07. The topological polar surface area (TPSA) is 125 Å². The highest BCUT2D eigenvalue weighted by atomic mass is 32.2. The van der Waals surface area contributed by atoms with Crippen LogP contribution in [0.3, 0.4) is 0 Å². The van der Waals surface area contributed by atoms with Crippen molar-refractivity contribution in [2.45, 2.75) is 11.8 Å². The molecule has 0 bridgehead atoms. The molecule has 2 aromatic carbocycles. The number of hydrogen-bond donors (Lipinski definition) is 1. The van der Waals surface area contributed by atoms with Crippen molar-refractivity contribution in [3.8, 4) is 17.2 Å². The molecule has 3 rings (SSSR count). The first-order chi connectivity index (χ1) is 14.0. The maximum atomic E-state index is 11.1. The molecule has 10 nitrogen and oxygen atoms in total. The highest BCUT2D eigenvalue weighted by Crippen LogP contribution is 2.33. The van der Waals surface area contributed by atoms with E-state index < -0.39 is 4.92 Å². The Kier molecular flexibility index (Phi) is 6.29. The summed E-state index contributed by atoms with van der Waals surface area (Å²) in [5.41, 5.74) is -0.116. The van der Waals surface area contributed by atoms with Crippen LogP contribution in [0.1, 0.15) is 11.4 Å². The van der Waals surface area contributed by atoms with Gasteiger partial charge >= 0.3 is 0 Å². The number of nitro benzene ring substituents is 1. The number of nitro groups is 1. The van der Waals surface area contributed by atoms with Gasteiger partial charge in [0.25, 0.3) is 5.69 Å². The van der Waals surface area contributed by atoms with Crippen LogP contribution in [0.2, 0.25) is 0 Å². The molecule has 11 heteroatoms. The van der Waals surface area contributed by atoms with E-state index in [1.54, 1.807) is 0 Å². The highest BCUT2D eigenvalue weighted by Gasteiger charge is 2.17. The Morgan fingerprint density at radius 1 is 1.31 bits per heavy atom. The number of para-hydroxylation sites is 1. The predicted octanol–water partition coefficient (Wildman–Crippen LogP) is 3.08. The van der Waals surface area contributed by atoms with Crippen molar-refractivity contribution in [2.24, 2.45) is 5.10 Å². The predicted molar refractivity (Wildman–Crippen MR) is 107 cm³/mol. The van der Waals surface area contributed by atoms with Gasteiger partial charge in [-0.1, -0.05) is 30.0 Å². The number of nitrogens with zero attached hydrogens (tertiary/aromatic N) is 5. The minimum Gasteiger partial charge on any atom is -0.504 e. The molecular formula is C18H17N5O5S. The largest absolute Gasteiger partial charge is 0.504 e. The van der Waals surface area contributed by atoms with Gasteiger partial charge in [-0.2, -0.15) is 9.78 Å². The number of phenols is 1. The zero-order valence-corrected chi connectivity index (χ0v) is 16.4. The maximum Gasteiger partial charge on any atom is 0.274 e. The number of thioether (sulfide) groups is 1. The van der Waals surface area contributed by atoms with Crippen molar-refractivity contribution in [3.05, 3.63) is 64.0 Å². The minimum atomic E-state index is -0.579. The zero-order chi connectivity index (χ0) is 20.8. The van der Waals surface area contributed by atoms with Crippen LogP contribution >= 0.6 is 11.8 Å². The van der Waals surface area contributed by atoms with Gasteiger partial charge in [0.05, 0.1) is 24.3 Å². The molecule has 0 spiro atoms. The molecule has 0 fully saturated rings. The maximum absolute atomic E-state index is 11.1. The van der Waals surface area contributed by atoms with Gasteiger partial charge in [-0.05, 0) is 18.4 Å². The molecule has 0 aliphatic heterocycles. The molecule has 0 atom stereocenters. The average molecular weight is 415 g/mol. The van der Waals surface area contributed by atoms with E-state index in [4.69, 9.17) is 9.47 Å². The van der Waals surface area contributed by atoms with Gasteiger partial charge in [0, 0.05) is 11.6 Å². The lowest BCUT2D eigenvalue weighted by Crippen LogP contribution is -2.05. The molecule has 3 aromatic rings. The van der Waals surface area contributed by atoms with Crippen molar-refractivity contribution in [1.82, 2.24) is 14.9 Å². The summed E-state index contributed by atoms with van der Waals surface area (Å²) in [6.45, 7) is 0.110. The molecule has 0 saturated carbocycles. The molecule has 1 N–H and O–H groups in total. The molecule has 0 unspecified atom stereocenters. The van der Waals surface area contributed by atoms with E-state index in [9.17, 15) is 15.2 Å². The number of hydrogen-bond acceptors (Lipinski definition) is 9. The third-order valence-corrected chi connectivity index (χ3v) is 4.42. The fraction of sp³-hybridized carbons (Fsp3) is 0.167. The summed E-state index contributed by atoms with van der Waals surface area (Å²) in [6, 6.07) is 11.5. The van der Waals surface area contributed by atoms with Crippen molar-refractivity contribution in [2.75, 3.05) is 13.4 Å². The average Bonchev–Trinajstić information content (AvgIpc) is 3.13. The van der Waals surface area contributed by atoms with Crippen molar-refractivity contribution >= 4 is 23.7 Å². The SMILES string of the molecule is COc1cc([N+](=O)[O-])cc(/C=N\n2c(COc3ccccc3)nnc2SC)c1O. The van der Waals surface area contributed by atoms with E-state index in [0.29, 0.717) is 16.7 Å². The van der Waals surface area contributed by atoms with Crippen LogP contribution in [0.5, 0.6) is 17.2 Å². The molecule has 0 aliphatic rings. The van der Waals surface area contributed by atoms with Crippen LogP contribution in [-0.4, -0.2) is 44.5 Å². The Labute approximate surface area is 169 Å². The van der Waals surface area contributed by atoms with Crippen LogP contribution < -0.4 is 9.47 Å². The number of non-ortho nitro benzene ring substituents is 1. The minimum absolute atomic E-state index is 0.0258. The Morgan fingerprint density at radius 3 is 2.72 bits per heavy atom. The normalized spacial score (nSPS) is 11.0. The van der Waals surface area contributed by atoms with E-state index in [-0.39, 0.29) is 29.4 Å². The van der Waals surface area contributed by atoms with E-state index >= 15 is 0 Å². The number of benzene rings is 2. The first-order valence-corrected chi connectivity index (χ1v) is 9.51.